The molecule has 0 spiro atoms. The molecule has 0 unspecified atom stereocenters. The summed E-state index contributed by atoms with van der Waals surface area (Å²) < 4.78 is 5.03. The predicted octanol–water partition coefficient (Wildman–Crippen LogP) is 1.79. The molecule has 4 nitrogen and oxygen atoms in total. The van der Waals surface area contributed by atoms with Gasteiger partial charge in [0.1, 0.15) is 5.75 Å². The van der Waals surface area contributed by atoms with Crippen molar-refractivity contribution in [3.05, 3.63) is 24.0 Å². The third-order valence-electron chi connectivity index (χ3n) is 2.93. The highest BCUT2D eigenvalue weighted by molar-refractivity contribution is 6.03. The molecule has 4 heteroatoms. The molecule has 1 aromatic heterocycles. The van der Waals surface area contributed by atoms with Crippen LogP contribution >= 0.6 is 0 Å². The maximum Gasteiger partial charge on any atom is 0.184 e. The minimum atomic E-state index is -0.798. The quantitative estimate of drug-likeness (QED) is 0.771. The summed E-state index contributed by atoms with van der Waals surface area (Å²) in [6.07, 6.45) is 4.31. The van der Waals surface area contributed by atoms with E-state index in [1.165, 1.54) is 6.20 Å². The van der Waals surface area contributed by atoms with Crippen molar-refractivity contribution in [2.45, 2.75) is 32.2 Å². The Kier molecular flexibility index (Phi) is 4.01. The van der Waals surface area contributed by atoms with Gasteiger partial charge in [-0.15, -0.1) is 0 Å². The van der Waals surface area contributed by atoms with E-state index in [0.717, 1.165) is 0 Å². The van der Waals surface area contributed by atoms with Crippen molar-refractivity contribution in [2.24, 2.45) is 5.73 Å². The van der Waals surface area contributed by atoms with Crippen LogP contribution in [0.5, 0.6) is 5.75 Å². The Balaban J connectivity index is 3.04. The number of nitrogens with zero attached hydrogens (tertiary/aromatic N) is 1. The van der Waals surface area contributed by atoms with Gasteiger partial charge in [0.25, 0.3) is 0 Å². The van der Waals surface area contributed by atoms with Crippen LogP contribution in [-0.2, 0) is 0 Å². The van der Waals surface area contributed by atoms with Crippen molar-refractivity contribution in [3.8, 4) is 5.75 Å². The standard InChI is InChI=1S/C12H18N2O2/c1-4-12(13,5-2)11(15)9-6-10(16-3)8-14-7-9/h6-8H,4-5,13H2,1-3H3. The SMILES string of the molecule is CCC(N)(CC)C(=O)c1cncc(OC)c1. The highest BCUT2D eigenvalue weighted by Crippen LogP contribution is 2.20. The van der Waals surface area contributed by atoms with Crippen LogP contribution in [0, 0.1) is 0 Å². The first-order chi connectivity index (χ1) is 7.57. The van der Waals surface area contributed by atoms with Gasteiger partial charge < -0.3 is 10.5 Å². The highest BCUT2D eigenvalue weighted by Gasteiger charge is 2.31. The number of pyridine rings is 1. The molecule has 0 atom stereocenters. The number of aromatic nitrogens is 1. The van der Waals surface area contributed by atoms with Crippen LogP contribution in [0.3, 0.4) is 0 Å². The van der Waals surface area contributed by atoms with E-state index in [4.69, 9.17) is 10.5 Å². The van der Waals surface area contributed by atoms with Crippen LogP contribution in [-0.4, -0.2) is 23.4 Å². The smallest absolute Gasteiger partial charge is 0.184 e. The number of Topliss-reactive ketones (excluding diaryl/α,β-unsaturated/α-hetero) is 1. The van der Waals surface area contributed by atoms with Gasteiger partial charge in [-0.3, -0.25) is 9.78 Å². The van der Waals surface area contributed by atoms with Crippen LogP contribution in [0.15, 0.2) is 18.5 Å². The summed E-state index contributed by atoms with van der Waals surface area (Å²) in [6, 6.07) is 1.67. The molecule has 0 aromatic carbocycles. The van der Waals surface area contributed by atoms with Crippen LogP contribution in [0.25, 0.3) is 0 Å². The maximum atomic E-state index is 12.2. The molecule has 0 saturated carbocycles. The van der Waals surface area contributed by atoms with Crippen molar-refractivity contribution >= 4 is 5.78 Å². The lowest BCUT2D eigenvalue weighted by Gasteiger charge is -2.24. The lowest BCUT2D eigenvalue weighted by atomic mass is 9.86. The Morgan fingerprint density at radius 2 is 2.06 bits per heavy atom. The van der Waals surface area contributed by atoms with Gasteiger partial charge in [0.15, 0.2) is 5.78 Å². The van der Waals surface area contributed by atoms with Crippen LogP contribution in [0.4, 0.5) is 0 Å². The Morgan fingerprint density at radius 3 is 2.56 bits per heavy atom. The molecule has 16 heavy (non-hydrogen) atoms. The molecule has 0 fully saturated rings. The number of ketones is 1. The minimum absolute atomic E-state index is 0.0797. The molecular weight excluding hydrogens is 204 g/mol. The fourth-order valence-electron chi connectivity index (χ4n) is 1.51. The molecule has 0 aliphatic heterocycles. The maximum absolute atomic E-state index is 12.2. The molecule has 0 radical (unpaired) electrons. The van der Waals surface area contributed by atoms with Gasteiger partial charge in [0, 0.05) is 11.8 Å². The van der Waals surface area contributed by atoms with Crippen LogP contribution < -0.4 is 10.5 Å². The Hall–Kier alpha value is -1.42. The summed E-state index contributed by atoms with van der Waals surface area (Å²) in [5.74, 6) is 0.490. The first-order valence-corrected chi connectivity index (χ1v) is 5.40. The predicted molar refractivity (Wildman–Crippen MR) is 62.6 cm³/mol. The number of hydrogen-bond acceptors (Lipinski definition) is 4. The van der Waals surface area contributed by atoms with E-state index in [-0.39, 0.29) is 5.78 Å². The normalized spacial score (nSPS) is 11.2. The van der Waals surface area contributed by atoms with E-state index in [9.17, 15) is 4.79 Å². The summed E-state index contributed by atoms with van der Waals surface area (Å²) in [7, 11) is 1.54. The first kappa shape index (κ1) is 12.6. The van der Waals surface area contributed by atoms with Gasteiger partial charge in [-0.25, -0.2) is 0 Å². The fraction of sp³-hybridized carbons (Fsp3) is 0.500. The second-order valence-electron chi connectivity index (χ2n) is 3.81. The third kappa shape index (κ3) is 2.39. The molecule has 1 rings (SSSR count). The monoisotopic (exact) mass is 222 g/mol. The van der Waals surface area contributed by atoms with Gasteiger partial charge in [-0.1, -0.05) is 13.8 Å². The zero-order valence-corrected chi connectivity index (χ0v) is 9.99. The Bertz CT molecular complexity index is 373. The molecular formula is C12H18N2O2. The second-order valence-corrected chi connectivity index (χ2v) is 3.81. The van der Waals surface area contributed by atoms with Crippen molar-refractivity contribution < 1.29 is 9.53 Å². The lowest BCUT2D eigenvalue weighted by Crippen LogP contribution is -2.46. The summed E-state index contributed by atoms with van der Waals surface area (Å²) in [5, 5.41) is 0. The summed E-state index contributed by atoms with van der Waals surface area (Å²) in [5.41, 5.74) is 5.75. The summed E-state index contributed by atoms with van der Waals surface area (Å²) in [4.78, 5) is 16.1. The minimum Gasteiger partial charge on any atom is -0.495 e. The Morgan fingerprint density at radius 1 is 1.44 bits per heavy atom. The van der Waals surface area contributed by atoms with Crippen molar-refractivity contribution in [3.63, 3.8) is 0 Å². The number of rotatable bonds is 5. The van der Waals surface area contributed by atoms with Gasteiger partial charge in [0.2, 0.25) is 0 Å². The molecule has 0 saturated heterocycles. The van der Waals surface area contributed by atoms with Crippen molar-refractivity contribution in [2.75, 3.05) is 7.11 Å². The number of nitrogens with two attached hydrogens (primary N) is 1. The van der Waals surface area contributed by atoms with E-state index in [0.29, 0.717) is 24.2 Å². The zero-order chi connectivity index (χ0) is 12.2. The van der Waals surface area contributed by atoms with E-state index >= 15 is 0 Å². The third-order valence-corrected chi connectivity index (χ3v) is 2.93. The molecule has 0 aliphatic rings. The molecule has 1 heterocycles. The molecule has 2 N–H and O–H groups in total. The Labute approximate surface area is 95.8 Å². The topological polar surface area (TPSA) is 65.2 Å². The van der Waals surface area contributed by atoms with E-state index in [2.05, 4.69) is 4.98 Å². The first-order valence-electron chi connectivity index (χ1n) is 5.40. The molecule has 0 aliphatic carbocycles. The number of methoxy groups -OCH3 is 1. The lowest BCUT2D eigenvalue weighted by molar-refractivity contribution is 0.0879. The average Bonchev–Trinajstić information content (AvgIpc) is 2.37. The number of ether oxygens (including phenoxy) is 1. The van der Waals surface area contributed by atoms with Crippen molar-refractivity contribution in [1.29, 1.82) is 0 Å². The van der Waals surface area contributed by atoms with Crippen LogP contribution in [0.1, 0.15) is 37.0 Å². The number of carbonyl (C=O) groups excluding carboxylic acids is 1. The largest absolute Gasteiger partial charge is 0.495 e. The fourth-order valence-corrected chi connectivity index (χ4v) is 1.51. The highest BCUT2D eigenvalue weighted by atomic mass is 16.5. The van der Waals surface area contributed by atoms with Gasteiger partial charge in [-0.2, -0.15) is 0 Å². The number of hydrogen-bond donors (Lipinski definition) is 1. The number of carbonyl (C=O) groups is 1. The van der Waals surface area contributed by atoms with Crippen molar-refractivity contribution in [1.82, 2.24) is 4.98 Å². The second kappa shape index (κ2) is 5.07. The van der Waals surface area contributed by atoms with Gasteiger partial charge in [0.05, 0.1) is 18.8 Å². The molecule has 0 bridgehead atoms. The summed E-state index contributed by atoms with van der Waals surface area (Å²) in [6.45, 7) is 3.82. The summed E-state index contributed by atoms with van der Waals surface area (Å²) >= 11 is 0. The van der Waals surface area contributed by atoms with Gasteiger partial charge >= 0.3 is 0 Å². The van der Waals surface area contributed by atoms with E-state index in [1.54, 1.807) is 19.4 Å². The average molecular weight is 222 g/mol. The van der Waals surface area contributed by atoms with Gasteiger partial charge in [-0.05, 0) is 18.9 Å². The zero-order valence-electron chi connectivity index (χ0n) is 9.99. The molecule has 1 aromatic rings. The van der Waals surface area contributed by atoms with E-state index < -0.39 is 5.54 Å². The molecule has 0 amide bonds. The van der Waals surface area contributed by atoms with E-state index in [1.807, 2.05) is 13.8 Å². The van der Waals surface area contributed by atoms with Crippen LogP contribution in [0.2, 0.25) is 0 Å². The molecule has 88 valence electrons.